The van der Waals surface area contributed by atoms with Crippen LogP contribution in [0.4, 0.5) is 8.78 Å². The number of benzene rings is 1. The lowest BCUT2D eigenvalue weighted by Crippen LogP contribution is -2.34. The van der Waals surface area contributed by atoms with E-state index in [-0.39, 0.29) is 12.5 Å². The topological polar surface area (TPSA) is 54.3 Å². The van der Waals surface area contributed by atoms with Crippen LogP contribution in [0.2, 0.25) is 0 Å². The minimum absolute atomic E-state index is 0.262. The second-order valence-corrected chi connectivity index (χ2v) is 4.70. The fourth-order valence-corrected chi connectivity index (χ4v) is 2.02. The van der Waals surface area contributed by atoms with E-state index in [0.29, 0.717) is 0 Å². The van der Waals surface area contributed by atoms with Crippen molar-refractivity contribution in [2.24, 2.45) is 0 Å². The number of rotatable bonds is 5. The van der Waals surface area contributed by atoms with Gasteiger partial charge in [0.25, 0.3) is 0 Å². The number of carbonyl (C=O) groups is 1. The number of hydrogen-bond acceptors (Lipinski definition) is 2. The van der Waals surface area contributed by atoms with Crippen molar-refractivity contribution >= 4 is 5.91 Å². The number of nitrogens with one attached hydrogen (secondary N) is 1. The Kier molecular flexibility index (Phi) is 4.70. The van der Waals surface area contributed by atoms with E-state index >= 15 is 0 Å². The monoisotopic (exact) mass is 294 g/mol. The number of hydrogen-bond donors (Lipinski definition) is 2. The lowest BCUT2D eigenvalue weighted by molar-refractivity contribution is -0.124. The fourth-order valence-electron chi connectivity index (χ4n) is 2.02. The standard InChI is InChI=1S/C15H16F2N2O2/c1-10(19-7-2-3-8-19)15(21)18-9-13(20)14-11(16)5-4-6-12(14)17/h2-8,10,13,20H,9H2,1H3,(H,18,21). The van der Waals surface area contributed by atoms with Crippen molar-refractivity contribution in [2.75, 3.05) is 6.54 Å². The minimum Gasteiger partial charge on any atom is -0.386 e. The van der Waals surface area contributed by atoms with Crippen LogP contribution < -0.4 is 5.32 Å². The van der Waals surface area contributed by atoms with Crippen LogP contribution in [-0.4, -0.2) is 22.1 Å². The Morgan fingerprint density at radius 2 is 1.81 bits per heavy atom. The summed E-state index contributed by atoms with van der Waals surface area (Å²) in [5.74, 6) is -2.02. The Morgan fingerprint density at radius 1 is 1.24 bits per heavy atom. The molecule has 0 spiro atoms. The van der Waals surface area contributed by atoms with Crippen LogP contribution in [0.1, 0.15) is 24.6 Å². The van der Waals surface area contributed by atoms with Gasteiger partial charge in [-0.15, -0.1) is 0 Å². The molecule has 2 aromatic rings. The van der Waals surface area contributed by atoms with Crippen molar-refractivity contribution in [3.8, 4) is 0 Å². The number of carbonyl (C=O) groups excluding carboxylic acids is 1. The van der Waals surface area contributed by atoms with E-state index in [1.54, 1.807) is 36.0 Å². The summed E-state index contributed by atoms with van der Waals surface area (Å²) in [6, 6.07) is 6.43. The molecule has 2 atom stereocenters. The summed E-state index contributed by atoms with van der Waals surface area (Å²) in [7, 11) is 0. The second-order valence-electron chi connectivity index (χ2n) is 4.70. The summed E-state index contributed by atoms with van der Waals surface area (Å²) < 4.78 is 28.7. The molecule has 0 aliphatic rings. The highest BCUT2D eigenvalue weighted by molar-refractivity contribution is 5.79. The van der Waals surface area contributed by atoms with Crippen LogP contribution in [0.15, 0.2) is 42.7 Å². The molecule has 0 bridgehead atoms. The van der Waals surface area contributed by atoms with Crippen LogP contribution in [-0.2, 0) is 4.79 Å². The van der Waals surface area contributed by atoms with Gasteiger partial charge in [-0.05, 0) is 31.2 Å². The largest absolute Gasteiger partial charge is 0.386 e. The maximum absolute atomic E-state index is 13.5. The Balaban J connectivity index is 1.98. The Labute approximate surface area is 121 Å². The van der Waals surface area contributed by atoms with E-state index in [0.717, 1.165) is 12.1 Å². The average Bonchev–Trinajstić information content (AvgIpc) is 2.97. The SMILES string of the molecule is CC(C(=O)NCC(O)c1c(F)cccc1F)n1cccc1. The summed E-state index contributed by atoms with van der Waals surface area (Å²) in [4.78, 5) is 11.9. The van der Waals surface area contributed by atoms with Gasteiger partial charge in [0.1, 0.15) is 23.8 Å². The summed E-state index contributed by atoms with van der Waals surface area (Å²) in [5.41, 5.74) is -0.439. The van der Waals surface area contributed by atoms with Gasteiger partial charge in [0.2, 0.25) is 5.91 Å². The number of aromatic nitrogens is 1. The molecular weight excluding hydrogens is 278 g/mol. The predicted octanol–water partition coefficient (Wildman–Crippen LogP) is 2.18. The average molecular weight is 294 g/mol. The Hall–Kier alpha value is -2.21. The molecule has 4 nitrogen and oxygen atoms in total. The third-order valence-corrected chi connectivity index (χ3v) is 3.26. The Morgan fingerprint density at radius 3 is 2.38 bits per heavy atom. The van der Waals surface area contributed by atoms with Gasteiger partial charge in [0.05, 0.1) is 5.56 Å². The molecule has 1 amide bonds. The molecule has 0 aliphatic heterocycles. The van der Waals surface area contributed by atoms with E-state index < -0.39 is 29.3 Å². The third kappa shape index (κ3) is 3.46. The van der Waals surface area contributed by atoms with Crippen molar-refractivity contribution in [3.05, 3.63) is 59.9 Å². The zero-order valence-corrected chi connectivity index (χ0v) is 11.5. The molecule has 0 radical (unpaired) electrons. The lowest BCUT2D eigenvalue weighted by Gasteiger charge is -2.17. The molecule has 1 heterocycles. The number of nitrogens with zero attached hydrogens (tertiary/aromatic N) is 1. The van der Waals surface area contributed by atoms with Gasteiger partial charge in [-0.1, -0.05) is 6.07 Å². The van der Waals surface area contributed by atoms with Crippen molar-refractivity contribution in [3.63, 3.8) is 0 Å². The maximum atomic E-state index is 13.5. The van der Waals surface area contributed by atoms with E-state index in [4.69, 9.17) is 0 Å². The summed E-state index contributed by atoms with van der Waals surface area (Å²) >= 11 is 0. The van der Waals surface area contributed by atoms with Gasteiger partial charge in [-0.2, -0.15) is 0 Å². The lowest BCUT2D eigenvalue weighted by atomic mass is 10.1. The number of amides is 1. The maximum Gasteiger partial charge on any atom is 0.242 e. The first-order chi connectivity index (χ1) is 10.0. The number of halogens is 2. The molecule has 112 valence electrons. The summed E-state index contributed by atoms with van der Waals surface area (Å²) in [6.45, 7) is 1.42. The molecule has 0 fully saturated rings. The van der Waals surface area contributed by atoms with E-state index in [1.807, 2.05) is 0 Å². The highest BCUT2D eigenvalue weighted by Crippen LogP contribution is 2.20. The number of aliphatic hydroxyl groups excluding tert-OH is 1. The van der Waals surface area contributed by atoms with Gasteiger partial charge in [-0.3, -0.25) is 4.79 Å². The first kappa shape index (κ1) is 15.2. The molecule has 2 N–H and O–H groups in total. The fraction of sp³-hybridized carbons (Fsp3) is 0.267. The van der Waals surface area contributed by atoms with E-state index in [2.05, 4.69) is 5.32 Å². The zero-order valence-electron chi connectivity index (χ0n) is 11.5. The van der Waals surface area contributed by atoms with Crippen LogP contribution in [0, 0.1) is 11.6 Å². The molecule has 1 aromatic carbocycles. The van der Waals surface area contributed by atoms with Crippen LogP contribution in [0.5, 0.6) is 0 Å². The Bertz CT molecular complexity index is 594. The van der Waals surface area contributed by atoms with Crippen LogP contribution in [0.25, 0.3) is 0 Å². The molecular formula is C15H16F2N2O2. The van der Waals surface area contributed by atoms with Gasteiger partial charge in [0.15, 0.2) is 0 Å². The van der Waals surface area contributed by atoms with Gasteiger partial charge in [0, 0.05) is 18.9 Å². The van der Waals surface area contributed by atoms with Crippen LogP contribution >= 0.6 is 0 Å². The predicted molar refractivity (Wildman–Crippen MR) is 73.5 cm³/mol. The third-order valence-electron chi connectivity index (χ3n) is 3.26. The summed E-state index contributed by atoms with van der Waals surface area (Å²) in [6.07, 6.45) is 2.03. The zero-order chi connectivity index (χ0) is 15.4. The van der Waals surface area contributed by atoms with Gasteiger partial charge >= 0.3 is 0 Å². The highest BCUT2D eigenvalue weighted by atomic mass is 19.1. The smallest absolute Gasteiger partial charge is 0.242 e. The molecule has 2 rings (SSSR count). The number of aliphatic hydroxyl groups is 1. The molecule has 2 unspecified atom stereocenters. The van der Waals surface area contributed by atoms with Crippen molar-refractivity contribution in [1.29, 1.82) is 0 Å². The molecule has 6 heteroatoms. The normalized spacial score (nSPS) is 13.7. The van der Waals surface area contributed by atoms with E-state index in [9.17, 15) is 18.7 Å². The van der Waals surface area contributed by atoms with Crippen molar-refractivity contribution in [2.45, 2.75) is 19.1 Å². The van der Waals surface area contributed by atoms with Crippen molar-refractivity contribution < 1.29 is 18.7 Å². The first-order valence-electron chi connectivity index (χ1n) is 6.53. The van der Waals surface area contributed by atoms with Gasteiger partial charge < -0.3 is 15.0 Å². The second kappa shape index (κ2) is 6.49. The first-order valence-corrected chi connectivity index (χ1v) is 6.53. The molecule has 0 saturated carbocycles. The molecule has 1 aromatic heterocycles. The van der Waals surface area contributed by atoms with Crippen molar-refractivity contribution in [1.82, 2.24) is 9.88 Å². The molecule has 0 aliphatic carbocycles. The van der Waals surface area contributed by atoms with Crippen LogP contribution in [0.3, 0.4) is 0 Å². The van der Waals surface area contributed by atoms with Gasteiger partial charge in [-0.25, -0.2) is 8.78 Å². The quantitative estimate of drug-likeness (QED) is 0.888. The molecule has 0 saturated heterocycles. The summed E-state index contributed by atoms with van der Waals surface area (Å²) in [5, 5.41) is 12.3. The van der Waals surface area contributed by atoms with E-state index in [1.165, 1.54) is 6.07 Å². The minimum atomic E-state index is -1.44. The highest BCUT2D eigenvalue weighted by Gasteiger charge is 2.20. The molecule has 21 heavy (non-hydrogen) atoms.